The van der Waals surface area contributed by atoms with Gasteiger partial charge in [0, 0.05) is 16.9 Å². The van der Waals surface area contributed by atoms with E-state index >= 15 is 0 Å². The van der Waals surface area contributed by atoms with E-state index in [2.05, 4.69) is 18.2 Å². The van der Waals surface area contributed by atoms with Crippen molar-refractivity contribution in [3.63, 3.8) is 0 Å². The van der Waals surface area contributed by atoms with Gasteiger partial charge in [0.05, 0.1) is 17.2 Å². The fraction of sp³-hybridized carbons (Fsp3) is 0. The summed E-state index contributed by atoms with van der Waals surface area (Å²) in [7, 11) is -1.52. The molecule has 2 nitrogen and oxygen atoms in total. The lowest BCUT2D eigenvalue weighted by molar-refractivity contribution is 0.426. The van der Waals surface area contributed by atoms with Gasteiger partial charge in [0.25, 0.3) is 0 Å². The quantitative estimate of drug-likeness (QED) is 0.564. The van der Waals surface area contributed by atoms with Crippen molar-refractivity contribution in [2.75, 3.05) is 0 Å². The molecule has 0 saturated carbocycles. The van der Waals surface area contributed by atoms with Crippen molar-refractivity contribution >= 4 is 35.5 Å². The summed E-state index contributed by atoms with van der Waals surface area (Å²) in [5.74, 6) is 0. The molecule has 4 rings (SSSR count). The van der Waals surface area contributed by atoms with E-state index in [1.165, 1.54) is 0 Å². The highest BCUT2D eigenvalue weighted by atomic mass is 16.4. The van der Waals surface area contributed by atoms with E-state index in [4.69, 9.17) is 0 Å². The smallest absolute Gasteiger partial charge is 0.423 e. The minimum Gasteiger partial charge on any atom is -0.423 e. The first-order chi connectivity index (χ1) is 11.3. The Morgan fingerprint density at radius 2 is 1.48 bits per heavy atom. The maximum atomic E-state index is 9.93. The van der Waals surface area contributed by atoms with Crippen LogP contribution in [-0.2, 0) is 0 Å². The lowest BCUT2D eigenvalue weighted by atomic mass is 9.70. The predicted molar refractivity (Wildman–Crippen MR) is 96.0 cm³/mol. The summed E-state index contributed by atoms with van der Waals surface area (Å²) in [4.78, 5) is 0. The Hall–Kier alpha value is -2.71. The lowest BCUT2D eigenvalue weighted by Gasteiger charge is -2.15. The summed E-state index contributed by atoms with van der Waals surface area (Å²) < 4.78 is 0. The second-order valence-corrected chi connectivity index (χ2v) is 5.55. The van der Waals surface area contributed by atoms with Gasteiger partial charge in [-0.3, -0.25) is 0 Å². The number of fused-ring (bicyclic) bond motifs is 2. The van der Waals surface area contributed by atoms with Crippen molar-refractivity contribution < 1.29 is 10.0 Å². The molecule has 0 unspecified atom stereocenters. The Morgan fingerprint density at radius 1 is 0.783 bits per heavy atom. The molecule has 0 amide bonds. The van der Waals surface area contributed by atoms with Crippen LogP contribution in [0.15, 0.2) is 60.7 Å². The van der Waals surface area contributed by atoms with Crippen molar-refractivity contribution in [1.29, 1.82) is 0 Å². The fourth-order valence-corrected chi connectivity index (χ4v) is 3.29. The molecule has 3 aromatic carbocycles. The third kappa shape index (κ3) is 2.19. The molecule has 0 radical (unpaired) electrons. The van der Waals surface area contributed by atoms with Crippen molar-refractivity contribution in [2.24, 2.45) is 0 Å². The number of hydrogen-bond acceptors (Lipinski definition) is 2. The van der Waals surface area contributed by atoms with E-state index in [-0.39, 0.29) is 0 Å². The van der Waals surface area contributed by atoms with Gasteiger partial charge >= 0.3 is 7.12 Å². The minimum atomic E-state index is -1.52. The number of benzene rings is 3. The summed E-state index contributed by atoms with van der Waals surface area (Å²) in [6.07, 6.45) is 8.72. The Morgan fingerprint density at radius 3 is 2.22 bits per heavy atom. The number of allylic oxidation sites excluding steroid dienone is 2. The van der Waals surface area contributed by atoms with Crippen LogP contribution in [0.3, 0.4) is 0 Å². The predicted octanol–water partition coefficient (Wildman–Crippen LogP) is 3.03. The second kappa shape index (κ2) is 5.49. The van der Waals surface area contributed by atoms with Crippen LogP contribution in [0.25, 0.3) is 34.1 Å². The van der Waals surface area contributed by atoms with Gasteiger partial charge in [-0.15, -0.1) is 0 Å². The molecular weight excluding hydrogens is 283 g/mol. The van der Waals surface area contributed by atoms with Gasteiger partial charge in [0.1, 0.15) is 17.7 Å². The zero-order chi connectivity index (χ0) is 15.8. The summed E-state index contributed by atoms with van der Waals surface area (Å²) in [5.41, 5.74) is 4.56. The number of hydrogen-bond donors (Lipinski definition) is 2. The molecule has 1 aliphatic carbocycles. The van der Waals surface area contributed by atoms with Gasteiger partial charge in [-0.1, -0.05) is 54.6 Å². The van der Waals surface area contributed by atoms with Crippen LogP contribution in [0.1, 0.15) is 11.1 Å². The first-order valence-corrected chi connectivity index (χ1v) is 7.53. The van der Waals surface area contributed by atoms with Gasteiger partial charge in [-0.25, -0.2) is 0 Å². The van der Waals surface area contributed by atoms with Crippen molar-refractivity contribution in [2.45, 2.75) is 0 Å². The maximum absolute atomic E-state index is 9.93. The van der Waals surface area contributed by atoms with E-state index in [1.54, 1.807) is 6.08 Å². The summed E-state index contributed by atoms with van der Waals surface area (Å²) >= 11 is 0. The van der Waals surface area contributed by atoms with E-state index in [0.717, 1.165) is 33.0 Å². The first-order valence-electron chi connectivity index (χ1n) is 7.53. The highest BCUT2D eigenvalue weighted by Crippen LogP contribution is 2.36. The zero-order valence-electron chi connectivity index (χ0n) is 12.4. The van der Waals surface area contributed by atoms with E-state index in [9.17, 15) is 10.0 Å². The zero-order valence-corrected chi connectivity index (χ0v) is 12.4. The van der Waals surface area contributed by atoms with Gasteiger partial charge in [-0.05, 0) is 10.9 Å². The maximum Gasteiger partial charge on any atom is 0.492 e. The molecule has 108 valence electrons. The largest absolute Gasteiger partial charge is 0.492 e. The molecule has 0 heterocycles. The summed E-state index contributed by atoms with van der Waals surface area (Å²) in [6.45, 7) is 0. The molecule has 0 fully saturated rings. The van der Waals surface area contributed by atoms with Crippen LogP contribution < -0.4 is 5.46 Å². The van der Waals surface area contributed by atoms with Gasteiger partial charge in [-0.2, -0.15) is 0 Å². The lowest BCUT2D eigenvalue weighted by Crippen LogP contribution is -2.34. The van der Waals surface area contributed by atoms with Crippen molar-refractivity contribution in [3.05, 3.63) is 77.9 Å². The highest BCUT2D eigenvalue weighted by molar-refractivity contribution is 6.63. The van der Waals surface area contributed by atoms with Gasteiger partial charge in [0.15, 0.2) is 0 Å². The standard InChI is InChI=1S/C20H14BO2/c22-21(23)20-17-12-6-4-10-15(17)19(14-8-2-1-3-9-14)16-11-5-7-13-18(16)20/h1-4,6-13,22-23H/q+1. The molecule has 0 aliphatic heterocycles. The third-order valence-electron chi connectivity index (χ3n) is 4.23. The average Bonchev–Trinajstić information content (AvgIpc) is 2.59. The molecule has 0 bridgehead atoms. The Balaban J connectivity index is 2.21. The van der Waals surface area contributed by atoms with E-state index < -0.39 is 7.12 Å². The SMILES string of the molecule is OB(O)c1c2c(c(-c3ccccc3)c3ccccc13)C=[C+]C=C2. The molecule has 23 heavy (non-hydrogen) atoms. The van der Waals surface area contributed by atoms with Crippen LogP contribution in [0.2, 0.25) is 0 Å². The average molecular weight is 297 g/mol. The molecule has 0 spiro atoms. The van der Waals surface area contributed by atoms with E-state index in [1.807, 2.05) is 54.6 Å². The van der Waals surface area contributed by atoms with Crippen LogP contribution in [0.4, 0.5) is 0 Å². The minimum absolute atomic E-state index is 0.546. The summed E-state index contributed by atoms with van der Waals surface area (Å²) in [6, 6.07) is 18.0. The molecule has 1 aliphatic rings. The molecule has 0 atom stereocenters. The van der Waals surface area contributed by atoms with E-state index in [0.29, 0.717) is 5.46 Å². The second-order valence-electron chi connectivity index (χ2n) is 5.55. The Labute approximate surface area is 135 Å². The van der Waals surface area contributed by atoms with Crippen molar-refractivity contribution in [3.8, 4) is 11.1 Å². The number of rotatable bonds is 2. The highest BCUT2D eigenvalue weighted by Gasteiger charge is 2.29. The fourth-order valence-electron chi connectivity index (χ4n) is 3.29. The molecule has 0 aromatic heterocycles. The van der Waals surface area contributed by atoms with Crippen LogP contribution >= 0.6 is 0 Å². The molecule has 3 aromatic rings. The first kappa shape index (κ1) is 13.9. The molecule has 2 N–H and O–H groups in total. The van der Waals surface area contributed by atoms with Gasteiger partial charge in [0.2, 0.25) is 0 Å². The Bertz CT molecular complexity index is 941. The molecule has 0 saturated heterocycles. The van der Waals surface area contributed by atoms with Crippen LogP contribution in [0.5, 0.6) is 0 Å². The topological polar surface area (TPSA) is 40.5 Å². The van der Waals surface area contributed by atoms with Gasteiger partial charge < -0.3 is 10.0 Å². The summed E-state index contributed by atoms with van der Waals surface area (Å²) in [5, 5.41) is 21.7. The normalized spacial score (nSPS) is 12.1. The third-order valence-corrected chi connectivity index (χ3v) is 4.23. The monoisotopic (exact) mass is 297 g/mol. The van der Waals surface area contributed by atoms with Crippen LogP contribution in [0, 0.1) is 6.08 Å². The Kier molecular flexibility index (Phi) is 3.32. The van der Waals surface area contributed by atoms with Crippen molar-refractivity contribution in [1.82, 2.24) is 0 Å². The van der Waals surface area contributed by atoms with Crippen LogP contribution in [-0.4, -0.2) is 17.2 Å². The molecule has 3 heteroatoms. The molecular formula is C20H14BO2+.